The van der Waals surface area contributed by atoms with Crippen molar-refractivity contribution < 1.29 is 0 Å². The molecule has 3 rings (SSSR count). The monoisotopic (exact) mass is 292 g/mol. The number of hydrogen-bond donors (Lipinski definition) is 0. The van der Waals surface area contributed by atoms with Gasteiger partial charge in [-0.1, -0.05) is 17.2 Å². The molecule has 0 spiro atoms. The third-order valence-electron chi connectivity index (χ3n) is 3.07. The van der Waals surface area contributed by atoms with Gasteiger partial charge in [-0.05, 0) is 39.0 Å². The van der Waals surface area contributed by atoms with E-state index in [9.17, 15) is 0 Å². The second kappa shape index (κ2) is 5.85. The van der Waals surface area contributed by atoms with Crippen molar-refractivity contribution in [3.63, 3.8) is 0 Å². The molecule has 110 valence electrons. The average molecular weight is 292 g/mol. The second-order valence-electron chi connectivity index (χ2n) is 5.17. The molecule has 0 N–H and O–H groups in total. The Balaban J connectivity index is 1.84. The fraction of sp³-hybridized carbons (Fsp3) is 0.188. The van der Waals surface area contributed by atoms with E-state index >= 15 is 0 Å². The zero-order valence-corrected chi connectivity index (χ0v) is 12.7. The van der Waals surface area contributed by atoms with Crippen LogP contribution in [0, 0.1) is 20.8 Å². The highest BCUT2D eigenvalue weighted by molar-refractivity contribution is 5.59. The fourth-order valence-electron chi connectivity index (χ4n) is 2.23. The van der Waals surface area contributed by atoms with Crippen LogP contribution in [0.2, 0.25) is 0 Å². The molecule has 0 aliphatic heterocycles. The summed E-state index contributed by atoms with van der Waals surface area (Å²) in [5.74, 6) is 1.34. The Morgan fingerprint density at radius 1 is 1.05 bits per heavy atom. The molecule has 0 fully saturated rings. The molecule has 0 unspecified atom stereocenters. The summed E-state index contributed by atoms with van der Waals surface area (Å²) in [6, 6.07) is 6.28. The van der Waals surface area contributed by atoms with Crippen LogP contribution < -0.4 is 0 Å². The molecular formula is C16H16N6. The molecule has 0 bridgehead atoms. The molecule has 2 aromatic heterocycles. The van der Waals surface area contributed by atoms with Gasteiger partial charge in [-0.3, -0.25) is 0 Å². The van der Waals surface area contributed by atoms with Crippen molar-refractivity contribution in [3.05, 3.63) is 53.4 Å². The highest BCUT2D eigenvalue weighted by Gasteiger charge is 2.04. The molecule has 0 aliphatic carbocycles. The first-order valence-corrected chi connectivity index (χ1v) is 6.94. The minimum atomic E-state index is 0.636. The Hall–Kier alpha value is -2.89. The summed E-state index contributed by atoms with van der Waals surface area (Å²) in [7, 11) is 0. The van der Waals surface area contributed by atoms with Crippen molar-refractivity contribution in [2.75, 3.05) is 0 Å². The normalized spacial score (nSPS) is 11.2. The van der Waals surface area contributed by atoms with E-state index in [0.29, 0.717) is 11.6 Å². The summed E-state index contributed by atoms with van der Waals surface area (Å²) >= 11 is 0. The molecule has 0 amide bonds. The third-order valence-corrected chi connectivity index (χ3v) is 3.07. The first kappa shape index (κ1) is 14.1. The zero-order valence-electron chi connectivity index (χ0n) is 12.7. The Kier molecular flexibility index (Phi) is 3.74. The summed E-state index contributed by atoms with van der Waals surface area (Å²) < 4.78 is 1.66. The molecule has 0 atom stereocenters. The predicted octanol–water partition coefficient (Wildman–Crippen LogP) is 2.68. The maximum absolute atomic E-state index is 4.46. The van der Waals surface area contributed by atoms with E-state index in [0.717, 1.165) is 11.3 Å². The lowest BCUT2D eigenvalue weighted by Gasteiger charge is -2.00. The molecule has 0 saturated carbocycles. The van der Waals surface area contributed by atoms with E-state index in [4.69, 9.17) is 0 Å². The Bertz CT molecular complexity index is 814. The highest BCUT2D eigenvalue weighted by Crippen LogP contribution is 2.18. The van der Waals surface area contributed by atoms with Gasteiger partial charge in [0.2, 0.25) is 0 Å². The molecule has 3 aromatic rings. The van der Waals surface area contributed by atoms with E-state index in [-0.39, 0.29) is 0 Å². The lowest BCUT2D eigenvalue weighted by molar-refractivity contribution is 0.898. The Morgan fingerprint density at radius 2 is 1.82 bits per heavy atom. The fourth-order valence-corrected chi connectivity index (χ4v) is 2.23. The molecule has 0 radical (unpaired) electrons. The molecule has 6 nitrogen and oxygen atoms in total. The topological polar surface area (TPSA) is 69.4 Å². The number of hydrogen-bond acceptors (Lipinski definition) is 5. The van der Waals surface area contributed by atoms with Crippen molar-refractivity contribution in [1.29, 1.82) is 0 Å². The van der Waals surface area contributed by atoms with Crippen molar-refractivity contribution in [2.24, 2.45) is 0 Å². The van der Waals surface area contributed by atoms with Gasteiger partial charge in [-0.2, -0.15) is 5.10 Å². The van der Waals surface area contributed by atoms with Gasteiger partial charge in [0.25, 0.3) is 0 Å². The summed E-state index contributed by atoms with van der Waals surface area (Å²) in [6.45, 7) is 5.94. The van der Waals surface area contributed by atoms with Crippen LogP contribution in [-0.2, 0) is 0 Å². The van der Waals surface area contributed by atoms with Crippen LogP contribution in [0.5, 0.6) is 0 Å². The number of benzene rings is 1. The van der Waals surface area contributed by atoms with Gasteiger partial charge in [0.15, 0.2) is 5.82 Å². The van der Waals surface area contributed by atoms with Crippen molar-refractivity contribution in [1.82, 2.24) is 29.9 Å². The van der Waals surface area contributed by atoms with E-state index in [1.807, 2.05) is 6.08 Å². The van der Waals surface area contributed by atoms with E-state index < -0.39 is 0 Å². The van der Waals surface area contributed by atoms with Crippen LogP contribution in [0.4, 0.5) is 0 Å². The summed E-state index contributed by atoms with van der Waals surface area (Å²) in [5.41, 5.74) is 4.15. The first-order chi connectivity index (χ1) is 10.6. The van der Waals surface area contributed by atoms with Crippen LogP contribution >= 0.6 is 0 Å². The maximum Gasteiger partial charge on any atom is 0.181 e. The minimum Gasteiger partial charge on any atom is -0.230 e. The van der Waals surface area contributed by atoms with E-state index in [2.05, 4.69) is 57.3 Å². The van der Waals surface area contributed by atoms with E-state index in [1.165, 1.54) is 11.1 Å². The number of aromatic nitrogens is 6. The van der Waals surface area contributed by atoms with Crippen molar-refractivity contribution >= 4 is 12.3 Å². The van der Waals surface area contributed by atoms with Crippen LogP contribution in [0.25, 0.3) is 23.7 Å². The molecular weight excluding hydrogens is 276 g/mol. The smallest absolute Gasteiger partial charge is 0.181 e. The standard InChI is InChI=1S/C16H16N6/c1-11-6-12(2)8-14(7-11)16-17-10-22(21-16)5-4-15-9-18-20-13(3)19-15/h4-10H,1-3H3/b5-4-. The van der Waals surface area contributed by atoms with Crippen molar-refractivity contribution in [3.8, 4) is 11.4 Å². The molecule has 0 aliphatic rings. The zero-order chi connectivity index (χ0) is 15.5. The summed E-state index contributed by atoms with van der Waals surface area (Å²) in [6.07, 6.45) is 6.89. The molecule has 2 heterocycles. The average Bonchev–Trinajstić information content (AvgIpc) is 2.93. The van der Waals surface area contributed by atoms with Crippen LogP contribution in [0.15, 0.2) is 30.7 Å². The second-order valence-corrected chi connectivity index (χ2v) is 5.17. The predicted molar refractivity (Wildman–Crippen MR) is 84.7 cm³/mol. The molecule has 6 heteroatoms. The minimum absolute atomic E-state index is 0.636. The SMILES string of the molecule is Cc1cc(C)cc(-c2ncn(/C=C\c3cnnc(C)n3)n2)c1. The lowest BCUT2D eigenvalue weighted by Crippen LogP contribution is -1.93. The summed E-state index contributed by atoms with van der Waals surface area (Å²) in [4.78, 5) is 8.61. The number of aryl methyl sites for hydroxylation is 3. The molecule has 1 aromatic carbocycles. The van der Waals surface area contributed by atoms with Crippen molar-refractivity contribution in [2.45, 2.75) is 20.8 Å². The maximum atomic E-state index is 4.46. The highest BCUT2D eigenvalue weighted by atomic mass is 15.3. The van der Waals surface area contributed by atoms with Gasteiger partial charge in [0.05, 0.1) is 11.9 Å². The van der Waals surface area contributed by atoms with Crippen LogP contribution in [-0.4, -0.2) is 29.9 Å². The number of rotatable bonds is 3. The largest absolute Gasteiger partial charge is 0.230 e. The van der Waals surface area contributed by atoms with Gasteiger partial charge in [-0.25, -0.2) is 14.6 Å². The Labute approximate surface area is 128 Å². The van der Waals surface area contributed by atoms with Crippen LogP contribution in [0.3, 0.4) is 0 Å². The number of nitrogens with zero attached hydrogens (tertiary/aromatic N) is 6. The molecule has 22 heavy (non-hydrogen) atoms. The van der Waals surface area contributed by atoms with Gasteiger partial charge in [0.1, 0.15) is 12.2 Å². The Morgan fingerprint density at radius 3 is 2.55 bits per heavy atom. The van der Waals surface area contributed by atoms with Gasteiger partial charge in [-0.15, -0.1) is 10.2 Å². The lowest BCUT2D eigenvalue weighted by atomic mass is 10.1. The van der Waals surface area contributed by atoms with Gasteiger partial charge >= 0.3 is 0 Å². The van der Waals surface area contributed by atoms with Gasteiger partial charge in [0, 0.05) is 11.8 Å². The van der Waals surface area contributed by atoms with Gasteiger partial charge < -0.3 is 0 Å². The van der Waals surface area contributed by atoms with Crippen LogP contribution in [0.1, 0.15) is 22.6 Å². The molecule has 0 saturated heterocycles. The van der Waals surface area contributed by atoms with E-state index in [1.54, 1.807) is 30.3 Å². The summed E-state index contributed by atoms with van der Waals surface area (Å²) in [5, 5.41) is 12.1. The third kappa shape index (κ3) is 3.22. The first-order valence-electron chi connectivity index (χ1n) is 6.94. The quantitative estimate of drug-likeness (QED) is 0.742.